The van der Waals surface area contributed by atoms with Crippen LogP contribution in [0.5, 0.6) is 0 Å². The maximum absolute atomic E-state index is 14.1. The van der Waals surface area contributed by atoms with Crippen molar-refractivity contribution in [1.29, 1.82) is 0 Å². The summed E-state index contributed by atoms with van der Waals surface area (Å²) in [5.74, 6) is -1.86. The van der Waals surface area contributed by atoms with Gasteiger partial charge in [0.25, 0.3) is 0 Å². The molecular weight excluding hydrogens is 376 g/mol. The van der Waals surface area contributed by atoms with Gasteiger partial charge in [-0.25, -0.2) is 13.6 Å². The molecule has 1 saturated heterocycles. The van der Waals surface area contributed by atoms with Gasteiger partial charge in [0.15, 0.2) is 11.6 Å². The molecule has 2 aliphatic heterocycles. The van der Waals surface area contributed by atoms with Gasteiger partial charge in [-0.05, 0) is 29.7 Å². The first-order valence-corrected chi connectivity index (χ1v) is 9.60. The summed E-state index contributed by atoms with van der Waals surface area (Å²) in [5.41, 5.74) is 2.75. The van der Waals surface area contributed by atoms with Crippen LogP contribution in [0.2, 0.25) is 0 Å². The van der Waals surface area contributed by atoms with E-state index in [-0.39, 0.29) is 42.2 Å². The fraction of sp³-hybridized carbons (Fsp3) is 0.273. The van der Waals surface area contributed by atoms with Gasteiger partial charge in [0.1, 0.15) is 6.54 Å². The number of halogens is 2. The summed E-state index contributed by atoms with van der Waals surface area (Å²) >= 11 is 0. The molecule has 0 radical (unpaired) electrons. The van der Waals surface area contributed by atoms with Crippen LogP contribution in [0.3, 0.4) is 0 Å². The maximum atomic E-state index is 14.1. The number of hydrogen-bond acceptors (Lipinski definition) is 2. The fourth-order valence-corrected chi connectivity index (χ4v) is 4.55. The second kappa shape index (κ2) is 6.69. The molecule has 0 saturated carbocycles. The number of likely N-dealkylation sites (tertiary alicyclic amines) is 1. The second-order valence-corrected chi connectivity index (χ2v) is 7.71. The van der Waals surface area contributed by atoms with Crippen molar-refractivity contribution in [3.63, 3.8) is 0 Å². The number of anilines is 1. The van der Waals surface area contributed by atoms with E-state index in [0.29, 0.717) is 6.54 Å². The number of amides is 3. The minimum atomic E-state index is -0.990. The van der Waals surface area contributed by atoms with E-state index in [1.165, 1.54) is 22.1 Å². The number of benzene rings is 2. The second-order valence-electron chi connectivity index (χ2n) is 7.71. The first kappa shape index (κ1) is 17.8. The lowest BCUT2D eigenvalue weighted by atomic mass is 9.95. The third-order valence-electron chi connectivity index (χ3n) is 5.98. The summed E-state index contributed by atoms with van der Waals surface area (Å²) < 4.78 is 27.6. The molecule has 2 bridgehead atoms. The van der Waals surface area contributed by atoms with Crippen LogP contribution in [0, 0.1) is 17.6 Å². The Labute approximate surface area is 166 Å². The van der Waals surface area contributed by atoms with Crippen molar-refractivity contribution in [2.45, 2.75) is 19.0 Å². The van der Waals surface area contributed by atoms with Crippen molar-refractivity contribution in [1.82, 2.24) is 9.80 Å². The zero-order valence-corrected chi connectivity index (χ0v) is 15.6. The molecule has 0 aromatic heterocycles. The first-order valence-electron chi connectivity index (χ1n) is 9.60. The lowest BCUT2D eigenvalue weighted by molar-refractivity contribution is -0.132. The van der Waals surface area contributed by atoms with Crippen molar-refractivity contribution in [3.05, 3.63) is 71.3 Å². The monoisotopic (exact) mass is 395 g/mol. The molecule has 3 amide bonds. The van der Waals surface area contributed by atoms with E-state index in [0.717, 1.165) is 12.5 Å². The van der Waals surface area contributed by atoms with Crippen molar-refractivity contribution in [2.75, 3.05) is 18.4 Å². The Hall–Kier alpha value is -3.22. The zero-order valence-electron chi connectivity index (χ0n) is 15.6. The van der Waals surface area contributed by atoms with Gasteiger partial charge in [-0.15, -0.1) is 0 Å². The highest BCUT2D eigenvalue weighted by molar-refractivity contribution is 5.95. The molecule has 1 fully saturated rings. The van der Waals surface area contributed by atoms with E-state index < -0.39 is 17.7 Å². The Morgan fingerprint density at radius 3 is 2.66 bits per heavy atom. The highest BCUT2D eigenvalue weighted by Crippen LogP contribution is 2.42. The largest absolute Gasteiger partial charge is 0.334 e. The van der Waals surface area contributed by atoms with Crippen LogP contribution in [-0.2, 0) is 11.3 Å². The van der Waals surface area contributed by atoms with Gasteiger partial charge in [-0.1, -0.05) is 36.4 Å². The van der Waals surface area contributed by atoms with Gasteiger partial charge >= 0.3 is 6.03 Å². The normalized spacial score (nSPS) is 22.4. The molecule has 1 N–H and O–H groups in total. The number of hydrogen-bond donors (Lipinski definition) is 1. The smallest absolute Gasteiger partial charge is 0.322 e. The molecule has 2 aromatic rings. The van der Waals surface area contributed by atoms with E-state index in [9.17, 15) is 18.4 Å². The number of urea groups is 1. The average Bonchev–Trinajstić information content (AvgIpc) is 3.34. The highest BCUT2D eigenvalue weighted by atomic mass is 19.2. The number of carbonyl (C=O) groups is 2. The van der Waals surface area contributed by atoms with Crippen molar-refractivity contribution in [2.24, 2.45) is 5.92 Å². The third kappa shape index (κ3) is 2.97. The molecule has 1 aliphatic carbocycles. The Morgan fingerprint density at radius 2 is 1.93 bits per heavy atom. The topological polar surface area (TPSA) is 52.7 Å². The predicted molar refractivity (Wildman–Crippen MR) is 104 cm³/mol. The fourth-order valence-electron chi connectivity index (χ4n) is 4.55. The molecular formula is C22H19F2N3O2. The number of fused-ring (bicyclic) bond motifs is 3. The molecule has 2 aromatic carbocycles. The molecule has 5 rings (SSSR count). The molecule has 0 spiro atoms. The standard InChI is InChI=1S/C22H19F2N3O2/c23-18-6-7-19-17(21(18)24)11-26(22(29)25-19)12-20(28)27-10-14-8-15(27)9-16(14)13-4-2-1-3-5-13/h1-7,9,14-15H,8,10-12H2,(H,25,29). The van der Waals surface area contributed by atoms with Gasteiger partial charge in [0, 0.05) is 18.0 Å². The van der Waals surface area contributed by atoms with Crippen LogP contribution in [0.15, 0.2) is 48.5 Å². The summed E-state index contributed by atoms with van der Waals surface area (Å²) in [6.07, 6.45) is 3.01. The Balaban J connectivity index is 1.30. The molecule has 3 aliphatic rings. The molecule has 5 nitrogen and oxygen atoms in total. The Morgan fingerprint density at radius 1 is 1.14 bits per heavy atom. The summed E-state index contributed by atoms with van der Waals surface area (Å²) in [7, 11) is 0. The minimum Gasteiger partial charge on any atom is -0.334 e. The van der Waals surface area contributed by atoms with E-state index >= 15 is 0 Å². The molecule has 148 valence electrons. The molecule has 2 unspecified atom stereocenters. The average molecular weight is 395 g/mol. The van der Waals surface area contributed by atoms with Gasteiger partial charge in [-0.2, -0.15) is 0 Å². The minimum absolute atomic E-state index is 0.0111. The van der Waals surface area contributed by atoms with Gasteiger partial charge in [-0.3, -0.25) is 4.79 Å². The molecule has 2 heterocycles. The zero-order chi connectivity index (χ0) is 20.1. The number of nitrogens with zero attached hydrogens (tertiary/aromatic N) is 2. The first-order chi connectivity index (χ1) is 14.0. The van der Waals surface area contributed by atoms with Crippen LogP contribution >= 0.6 is 0 Å². The molecule has 29 heavy (non-hydrogen) atoms. The number of carbonyl (C=O) groups excluding carboxylic acids is 2. The van der Waals surface area contributed by atoms with Gasteiger partial charge in [0.05, 0.1) is 18.3 Å². The van der Waals surface area contributed by atoms with Crippen LogP contribution in [0.1, 0.15) is 17.5 Å². The van der Waals surface area contributed by atoms with Crippen molar-refractivity contribution < 1.29 is 18.4 Å². The number of rotatable bonds is 3. The van der Waals surface area contributed by atoms with E-state index in [1.54, 1.807) is 4.90 Å². The van der Waals surface area contributed by atoms with E-state index in [1.807, 2.05) is 18.2 Å². The predicted octanol–water partition coefficient (Wildman–Crippen LogP) is 3.63. The Bertz CT molecular complexity index is 1040. The number of nitrogens with one attached hydrogen (secondary N) is 1. The van der Waals surface area contributed by atoms with Crippen molar-refractivity contribution >= 4 is 23.2 Å². The third-order valence-corrected chi connectivity index (χ3v) is 5.98. The van der Waals surface area contributed by atoms with E-state index in [2.05, 4.69) is 23.5 Å². The quantitative estimate of drug-likeness (QED) is 0.863. The van der Waals surface area contributed by atoms with Crippen molar-refractivity contribution in [3.8, 4) is 0 Å². The maximum Gasteiger partial charge on any atom is 0.322 e. The highest BCUT2D eigenvalue weighted by Gasteiger charge is 2.42. The van der Waals surface area contributed by atoms with Gasteiger partial charge in [0.2, 0.25) is 5.91 Å². The Kier molecular flexibility index (Phi) is 4.12. The summed E-state index contributed by atoms with van der Waals surface area (Å²) in [5, 5.41) is 2.53. The van der Waals surface area contributed by atoms with E-state index in [4.69, 9.17) is 0 Å². The van der Waals surface area contributed by atoms with Crippen LogP contribution < -0.4 is 5.32 Å². The molecule has 2 atom stereocenters. The lowest BCUT2D eigenvalue weighted by Gasteiger charge is -2.32. The van der Waals surface area contributed by atoms with Crippen LogP contribution in [0.25, 0.3) is 5.57 Å². The summed E-state index contributed by atoms with van der Waals surface area (Å²) in [6, 6.07) is 12.0. The lowest BCUT2D eigenvalue weighted by Crippen LogP contribution is -2.47. The summed E-state index contributed by atoms with van der Waals surface area (Å²) in [4.78, 5) is 28.2. The van der Waals surface area contributed by atoms with Crippen LogP contribution in [-0.4, -0.2) is 40.9 Å². The molecule has 7 heteroatoms. The van der Waals surface area contributed by atoms with Crippen LogP contribution in [0.4, 0.5) is 19.3 Å². The SMILES string of the molecule is O=C1Nc2ccc(F)c(F)c2CN1CC(=O)N1CC2CC1C=C2c1ccccc1. The van der Waals surface area contributed by atoms with Gasteiger partial charge < -0.3 is 15.1 Å². The summed E-state index contributed by atoms with van der Waals surface area (Å²) in [6.45, 7) is 0.307.